The highest BCUT2D eigenvalue weighted by Crippen LogP contribution is 2.28. The number of ether oxygens (including phenoxy) is 2. The predicted molar refractivity (Wildman–Crippen MR) is 126 cm³/mol. The van der Waals surface area contributed by atoms with Gasteiger partial charge in [0.25, 0.3) is 0 Å². The van der Waals surface area contributed by atoms with Crippen molar-refractivity contribution in [1.82, 2.24) is 0 Å². The summed E-state index contributed by atoms with van der Waals surface area (Å²) in [4.78, 5) is 25.1. The van der Waals surface area contributed by atoms with Crippen molar-refractivity contribution in [2.45, 2.75) is 129 Å². The lowest BCUT2D eigenvalue weighted by Crippen LogP contribution is -2.28. The highest BCUT2D eigenvalue weighted by molar-refractivity contribution is 5.94. The number of hydrogen-bond donors (Lipinski definition) is 0. The monoisotopic (exact) mass is 436 g/mol. The van der Waals surface area contributed by atoms with Gasteiger partial charge in [0.2, 0.25) is 0 Å². The largest absolute Gasteiger partial charge is 0.465 e. The van der Waals surface area contributed by atoms with E-state index in [1.165, 1.54) is 77.0 Å². The molecule has 2 fully saturated rings. The molecule has 0 spiro atoms. The van der Waals surface area contributed by atoms with Crippen LogP contribution in [0.3, 0.4) is 0 Å². The lowest BCUT2D eigenvalue weighted by Gasteiger charge is -2.21. The number of unbranched alkanes of at least 4 members (excludes halogenated alkanes) is 3. The van der Waals surface area contributed by atoms with Gasteiger partial charge in [-0.1, -0.05) is 96.8 Å². The molecule has 0 N–H and O–H groups in total. The lowest BCUT2D eigenvalue weighted by atomic mass is 9.86. The molecule has 0 unspecified atom stereocenters. The molecule has 0 bridgehead atoms. The van der Waals surface area contributed by atoms with Crippen molar-refractivity contribution in [2.75, 3.05) is 13.2 Å². The predicted octanol–water partition coefficient (Wildman–Crippen LogP) is 7.38. The Bertz CT molecular complexity index is 438. The van der Waals surface area contributed by atoms with Crippen LogP contribution in [-0.4, -0.2) is 25.2 Å². The molecule has 31 heavy (non-hydrogen) atoms. The Labute approximate surface area is 191 Å². The Kier molecular flexibility index (Phi) is 14.0. The van der Waals surface area contributed by atoms with Crippen molar-refractivity contribution in [2.24, 2.45) is 17.8 Å². The van der Waals surface area contributed by atoms with Gasteiger partial charge in [0, 0.05) is 0 Å². The van der Waals surface area contributed by atoms with Crippen molar-refractivity contribution in [3.05, 3.63) is 0 Å². The molecule has 2 aliphatic carbocycles. The Morgan fingerprint density at radius 3 is 1.55 bits per heavy atom. The van der Waals surface area contributed by atoms with Gasteiger partial charge in [0.05, 0.1) is 13.2 Å². The summed E-state index contributed by atoms with van der Waals surface area (Å²) in [6.07, 6.45) is 22.6. The van der Waals surface area contributed by atoms with Gasteiger partial charge in [-0.05, 0) is 43.9 Å². The number of rotatable bonds is 15. The average Bonchev–Trinajstić information content (AvgIpc) is 2.80. The molecule has 2 aliphatic rings. The first-order valence-electron chi connectivity index (χ1n) is 13.5. The number of carbonyl (C=O) groups excluding carboxylic acids is 2. The van der Waals surface area contributed by atoms with Gasteiger partial charge >= 0.3 is 11.9 Å². The van der Waals surface area contributed by atoms with E-state index in [9.17, 15) is 9.59 Å². The maximum atomic E-state index is 12.5. The molecule has 0 aromatic heterocycles. The van der Waals surface area contributed by atoms with Crippen LogP contribution in [0.4, 0.5) is 0 Å². The molecule has 0 amide bonds. The van der Waals surface area contributed by atoms with Gasteiger partial charge in [-0.3, -0.25) is 9.59 Å². The zero-order chi connectivity index (χ0) is 22.2. The van der Waals surface area contributed by atoms with Crippen LogP contribution in [0.15, 0.2) is 0 Å². The van der Waals surface area contributed by atoms with Gasteiger partial charge in [-0.25, -0.2) is 0 Å². The van der Waals surface area contributed by atoms with E-state index in [1.807, 2.05) is 0 Å². The molecule has 2 rings (SSSR count). The molecule has 4 nitrogen and oxygen atoms in total. The summed E-state index contributed by atoms with van der Waals surface area (Å²) in [6.45, 7) is 2.94. The van der Waals surface area contributed by atoms with Gasteiger partial charge in [-0.2, -0.15) is 0 Å². The second-order valence-corrected chi connectivity index (χ2v) is 10.0. The highest BCUT2D eigenvalue weighted by Gasteiger charge is 2.29. The second-order valence-electron chi connectivity index (χ2n) is 10.0. The topological polar surface area (TPSA) is 52.6 Å². The van der Waals surface area contributed by atoms with Gasteiger partial charge in [0.15, 0.2) is 5.92 Å². The van der Waals surface area contributed by atoms with Gasteiger partial charge in [-0.15, -0.1) is 0 Å². The smallest absolute Gasteiger partial charge is 0.320 e. The van der Waals surface area contributed by atoms with Crippen LogP contribution < -0.4 is 0 Å². The van der Waals surface area contributed by atoms with Crippen LogP contribution in [0.1, 0.15) is 129 Å². The Morgan fingerprint density at radius 2 is 1.13 bits per heavy atom. The zero-order valence-corrected chi connectivity index (χ0v) is 20.2. The van der Waals surface area contributed by atoms with E-state index >= 15 is 0 Å². The fourth-order valence-electron chi connectivity index (χ4n) is 5.31. The Morgan fingerprint density at radius 1 is 0.677 bits per heavy atom. The van der Waals surface area contributed by atoms with E-state index in [2.05, 4.69) is 6.92 Å². The Balaban J connectivity index is 1.58. The molecule has 0 aromatic carbocycles. The second kappa shape index (κ2) is 16.6. The average molecular weight is 437 g/mol. The molecule has 4 heteroatoms. The standard InChI is InChI=1S/C27H48O4/c1-2-3-20-25(26(28)30-21-12-10-18-23-14-6-4-7-15-23)27(29)31-22-13-11-19-24-16-8-5-9-17-24/h23-25H,2-22H2,1H3. The molecule has 0 aromatic rings. The van der Waals surface area contributed by atoms with Crippen LogP contribution in [0.25, 0.3) is 0 Å². The summed E-state index contributed by atoms with van der Waals surface area (Å²) >= 11 is 0. The molecular weight excluding hydrogens is 388 g/mol. The summed E-state index contributed by atoms with van der Waals surface area (Å²) in [6, 6.07) is 0. The molecule has 0 aliphatic heterocycles. The van der Waals surface area contributed by atoms with E-state index < -0.39 is 5.92 Å². The Hall–Kier alpha value is -1.06. The summed E-state index contributed by atoms with van der Waals surface area (Å²) < 4.78 is 11.0. The summed E-state index contributed by atoms with van der Waals surface area (Å²) in [5.74, 6) is 0.248. The zero-order valence-electron chi connectivity index (χ0n) is 20.2. The molecule has 0 heterocycles. The third-order valence-electron chi connectivity index (χ3n) is 7.37. The third-order valence-corrected chi connectivity index (χ3v) is 7.37. The quantitative estimate of drug-likeness (QED) is 0.153. The summed E-state index contributed by atoms with van der Waals surface area (Å²) in [5.41, 5.74) is 0. The van der Waals surface area contributed by atoms with E-state index in [0.717, 1.165) is 50.4 Å². The molecule has 0 atom stereocenters. The van der Waals surface area contributed by atoms with E-state index in [1.54, 1.807) is 0 Å². The van der Waals surface area contributed by atoms with Crippen molar-refractivity contribution in [3.63, 3.8) is 0 Å². The van der Waals surface area contributed by atoms with Crippen LogP contribution in [-0.2, 0) is 19.1 Å². The number of esters is 2. The fraction of sp³-hybridized carbons (Fsp3) is 0.926. The first-order chi connectivity index (χ1) is 15.2. The minimum Gasteiger partial charge on any atom is -0.465 e. The van der Waals surface area contributed by atoms with E-state index in [0.29, 0.717) is 19.6 Å². The highest BCUT2D eigenvalue weighted by atomic mass is 16.6. The van der Waals surface area contributed by atoms with Crippen molar-refractivity contribution < 1.29 is 19.1 Å². The van der Waals surface area contributed by atoms with Crippen LogP contribution >= 0.6 is 0 Å². The van der Waals surface area contributed by atoms with Crippen molar-refractivity contribution in [3.8, 4) is 0 Å². The number of carbonyl (C=O) groups is 2. The normalized spacial score (nSPS) is 18.3. The molecule has 0 saturated heterocycles. The van der Waals surface area contributed by atoms with E-state index in [4.69, 9.17) is 9.47 Å². The fourth-order valence-corrected chi connectivity index (χ4v) is 5.31. The maximum Gasteiger partial charge on any atom is 0.320 e. The third kappa shape index (κ3) is 11.4. The van der Waals surface area contributed by atoms with E-state index in [-0.39, 0.29) is 11.9 Å². The first-order valence-corrected chi connectivity index (χ1v) is 13.5. The summed E-state index contributed by atoms with van der Waals surface area (Å²) in [7, 11) is 0. The lowest BCUT2D eigenvalue weighted by molar-refractivity contribution is -0.162. The van der Waals surface area contributed by atoms with Crippen molar-refractivity contribution >= 4 is 11.9 Å². The summed E-state index contributed by atoms with van der Waals surface area (Å²) in [5, 5.41) is 0. The minimum absolute atomic E-state index is 0.377. The minimum atomic E-state index is -0.739. The van der Waals surface area contributed by atoms with Gasteiger partial charge < -0.3 is 9.47 Å². The number of hydrogen-bond acceptors (Lipinski definition) is 4. The first kappa shape index (κ1) is 26.2. The molecule has 2 saturated carbocycles. The van der Waals surface area contributed by atoms with Gasteiger partial charge in [0.1, 0.15) is 0 Å². The van der Waals surface area contributed by atoms with Crippen LogP contribution in [0.5, 0.6) is 0 Å². The molecular formula is C27H48O4. The van der Waals surface area contributed by atoms with Crippen LogP contribution in [0.2, 0.25) is 0 Å². The molecule has 180 valence electrons. The van der Waals surface area contributed by atoms with Crippen LogP contribution in [0, 0.1) is 17.8 Å². The molecule has 0 radical (unpaired) electrons. The van der Waals surface area contributed by atoms with Crippen molar-refractivity contribution in [1.29, 1.82) is 0 Å². The SMILES string of the molecule is CCCCC(C(=O)OCCCCC1CCCCC1)C(=O)OCCCCC1CCCCC1. The maximum absolute atomic E-state index is 12.5.